The summed E-state index contributed by atoms with van der Waals surface area (Å²) in [7, 11) is -2.14. The van der Waals surface area contributed by atoms with Crippen LogP contribution in [-0.4, -0.2) is 21.4 Å². The number of aryl methyl sites for hydroxylation is 1. The highest BCUT2D eigenvalue weighted by molar-refractivity contribution is 7.89. The van der Waals surface area contributed by atoms with Crippen molar-refractivity contribution in [1.82, 2.24) is 4.72 Å². The van der Waals surface area contributed by atoms with Crippen molar-refractivity contribution in [1.29, 1.82) is 0 Å². The van der Waals surface area contributed by atoms with Crippen LogP contribution in [0.3, 0.4) is 0 Å². The van der Waals surface area contributed by atoms with E-state index in [-0.39, 0.29) is 17.3 Å². The molecule has 8 heteroatoms. The summed E-state index contributed by atoms with van der Waals surface area (Å²) >= 11 is 5.84. The van der Waals surface area contributed by atoms with Crippen molar-refractivity contribution >= 4 is 33.2 Å². The molecule has 0 spiro atoms. The lowest BCUT2D eigenvalue weighted by molar-refractivity contribution is 0.102. The van der Waals surface area contributed by atoms with Gasteiger partial charge in [0.1, 0.15) is 5.75 Å². The van der Waals surface area contributed by atoms with Crippen LogP contribution in [-0.2, 0) is 16.6 Å². The minimum atomic E-state index is -3.71. The van der Waals surface area contributed by atoms with Crippen LogP contribution in [0.25, 0.3) is 0 Å². The number of anilines is 1. The molecule has 6 nitrogen and oxygen atoms in total. The van der Waals surface area contributed by atoms with Gasteiger partial charge in [0.05, 0.1) is 12.0 Å². The van der Waals surface area contributed by atoms with Gasteiger partial charge < -0.3 is 10.1 Å². The van der Waals surface area contributed by atoms with Crippen LogP contribution in [0.4, 0.5) is 5.69 Å². The number of amides is 1. The molecule has 0 fully saturated rings. The predicted molar refractivity (Wildman–Crippen MR) is 118 cm³/mol. The summed E-state index contributed by atoms with van der Waals surface area (Å²) in [4.78, 5) is 12.5. The van der Waals surface area contributed by atoms with E-state index in [1.807, 2.05) is 0 Å². The van der Waals surface area contributed by atoms with E-state index in [0.717, 1.165) is 5.56 Å². The lowest BCUT2D eigenvalue weighted by atomic mass is 10.1. The zero-order valence-corrected chi connectivity index (χ0v) is 18.0. The molecule has 0 atom stereocenters. The third-order valence-electron chi connectivity index (χ3n) is 4.49. The average molecular weight is 445 g/mol. The molecule has 0 bridgehead atoms. The van der Waals surface area contributed by atoms with Crippen LogP contribution in [0, 0.1) is 6.92 Å². The molecule has 3 aromatic rings. The van der Waals surface area contributed by atoms with Gasteiger partial charge in [-0.2, -0.15) is 0 Å². The fraction of sp³-hybridized carbons (Fsp3) is 0.136. The van der Waals surface area contributed by atoms with Crippen molar-refractivity contribution in [2.45, 2.75) is 18.4 Å². The van der Waals surface area contributed by atoms with Crippen LogP contribution in [0.5, 0.6) is 5.75 Å². The number of sulfonamides is 1. The summed E-state index contributed by atoms with van der Waals surface area (Å²) in [6, 6.07) is 18.2. The smallest absolute Gasteiger partial charge is 0.255 e. The van der Waals surface area contributed by atoms with Gasteiger partial charge in [-0.3, -0.25) is 4.79 Å². The fourth-order valence-corrected chi connectivity index (χ4v) is 3.97. The number of ether oxygens (including phenoxy) is 1. The van der Waals surface area contributed by atoms with E-state index in [0.29, 0.717) is 27.6 Å². The van der Waals surface area contributed by atoms with Gasteiger partial charge in [-0.25, -0.2) is 13.1 Å². The Morgan fingerprint density at radius 1 is 1.00 bits per heavy atom. The summed E-state index contributed by atoms with van der Waals surface area (Å²) in [6.07, 6.45) is 0. The predicted octanol–water partition coefficient (Wildman–Crippen LogP) is 4.39. The number of carbonyl (C=O) groups excluding carboxylic acids is 1. The highest BCUT2D eigenvalue weighted by atomic mass is 35.5. The molecule has 3 rings (SSSR count). The van der Waals surface area contributed by atoms with Crippen LogP contribution in [0.1, 0.15) is 21.5 Å². The molecule has 0 aliphatic rings. The number of methoxy groups -OCH3 is 1. The lowest BCUT2D eigenvalue weighted by Gasteiger charge is -2.12. The summed E-state index contributed by atoms with van der Waals surface area (Å²) in [5.41, 5.74) is 2.42. The fourth-order valence-electron chi connectivity index (χ4n) is 2.74. The Bertz CT molecular complexity index is 1140. The summed E-state index contributed by atoms with van der Waals surface area (Å²) < 4.78 is 32.9. The molecule has 0 aliphatic carbocycles. The Balaban J connectivity index is 1.69. The zero-order chi connectivity index (χ0) is 21.7. The zero-order valence-electron chi connectivity index (χ0n) is 16.5. The van der Waals surface area contributed by atoms with Crippen molar-refractivity contribution in [3.05, 3.63) is 88.4 Å². The number of rotatable bonds is 7. The molecule has 30 heavy (non-hydrogen) atoms. The van der Waals surface area contributed by atoms with Crippen molar-refractivity contribution < 1.29 is 17.9 Å². The number of carbonyl (C=O) groups is 1. The number of nitrogens with one attached hydrogen (secondary N) is 2. The third-order valence-corrected chi connectivity index (χ3v) is 6.14. The van der Waals surface area contributed by atoms with E-state index in [9.17, 15) is 13.2 Å². The largest absolute Gasteiger partial charge is 0.497 e. The molecule has 0 saturated heterocycles. The second kappa shape index (κ2) is 9.30. The molecule has 0 heterocycles. The van der Waals surface area contributed by atoms with Crippen molar-refractivity contribution in [3.63, 3.8) is 0 Å². The Labute approximate surface area is 180 Å². The first kappa shape index (κ1) is 21.8. The summed E-state index contributed by atoms with van der Waals surface area (Å²) in [5, 5.41) is 3.33. The topological polar surface area (TPSA) is 84.5 Å². The van der Waals surface area contributed by atoms with E-state index in [4.69, 9.17) is 16.3 Å². The monoisotopic (exact) mass is 444 g/mol. The molecule has 2 N–H and O–H groups in total. The van der Waals surface area contributed by atoms with Crippen LogP contribution in [0.15, 0.2) is 71.6 Å². The highest BCUT2D eigenvalue weighted by Crippen LogP contribution is 2.21. The van der Waals surface area contributed by atoms with Gasteiger partial charge in [-0.15, -0.1) is 0 Å². The quantitative estimate of drug-likeness (QED) is 0.566. The van der Waals surface area contributed by atoms with Gasteiger partial charge in [0.15, 0.2) is 0 Å². The molecule has 0 radical (unpaired) electrons. The summed E-state index contributed by atoms with van der Waals surface area (Å²) in [5.74, 6) is 0.400. The maximum atomic E-state index is 12.6. The van der Waals surface area contributed by atoms with Crippen LogP contribution < -0.4 is 14.8 Å². The summed E-state index contributed by atoms with van der Waals surface area (Å²) in [6.45, 7) is 1.89. The van der Waals surface area contributed by atoms with Gasteiger partial charge in [0.2, 0.25) is 10.0 Å². The average Bonchev–Trinajstić information content (AvgIpc) is 2.74. The maximum absolute atomic E-state index is 12.6. The first-order valence-corrected chi connectivity index (χ1v) is 10.9. The van der Waals surface area contributed by atoms with Gasteiger partial charge in [0, 0.05) is 22.8 Å². The van der Waals surface area contributed by atoms with Gasteiger partial charge in [-0.05, 0) is 72.6 Å². The van der Waals surface area contributed by atoms with E-state index >= 15 is 0 Å². The van der Waals surface area contributed by atoms with Crippen LogP contribution >= 0.6 is 11.6 Å². The van der Waals surface area contributed by atoms with Gasteiger partial charge in [-0.1, -0.05) is 23.7 Å². The minimum absolute atomic E-state index is 0.123. The first-order chi connectivity index (χ1) is 14.3. The van der Waals surface area contributed by atoms with Crippen molar-refractivity contribution in [2.24, 2.45) is 0 Å². The third kappa shape index (κ3) is 5.38. The first-order valence-electron chi connectivity index (χ1n) is 9.08. The van der Waals surface area contributed by atoms with E-state index in [2.05, 4.69) is 10.0 Å². The number of hydrogen-bond acceptors (Lipinski definition) is 4. The van der Waals surface area contributed by atoms with E-state index < -0.39 is 10.0 Å². The lowest BCUT2D eigenvalue weighted by Crippen LogP contribution is -2.23. The second-order valence-corrected chi connectivity index (χ2v) is 8.81. The molecule has 0 unspecified atom stereocenters. The molecule has 0 aromatic heterocycles. The second-order valence-electron chi connectivity index (χ2n) is 6.61. The SMILES string of the molecule is COc1ccc(CNS(=O)(=O)c2ccc(NC(=O)c3ccc(Cl)cc3)c(C)c2)cc1. The van der Waals surface area contributed by atoms with E-state index in [1.165, 1.54) is 12.1 Å². The van der Waals surface area contributed by atoms with Crippen molar-refractivity contribution in [2.75, 3.05) is 12.4 Å². The van der Waals surface area contributed by atoms with Gasteiger partial charge >= 0.3 is 0 Å². The molecule has 1 amide bonds. The standard InChI is InChI=1S/C22H21ClN2O4S/c1-15-13-20(30(27,28)24-14-16-3-9-19(29-2)10-4-16)11-12-21(15)25-22(26)17-5-7-18(23)8-6-17/h3-13,24H,14H2,1-2H3,(H,25,26). The molecular formula is C22H21ClN2O4S. The Morgan fingerprint density at radius 3 is 2.27 bits per heavy atom. The maximum Gasteiger partial charge on any atom is 0.255 e. The van der Waals surface area contributed by atoms with Gasteiger partial charge in [0.25, 0.3) is 5.91 Å². The molecule has 3 aromatic carbocycles. The molecular weight excluding hydrogens is 424 g/mol. The number of benzene rings is 3. The Hall–Kier alpha value is -2.87. The normalized spacial score (nSPS) is 11.2. The highest BCUT2D eigenvalue weighted by Gasteiger charge is 2.16. The molecule has 0 saturated carbocycles. The molecule has 0 aliphatic heterocycles. The van der Waals surface area contributed by atoms with Crippen molar-refractivity contribution in [3.8, 4) is 5.75 Å². The minimum Gasteiger partial charge on any atom is -0.497 e. The Kier molecular flexibility index (Phi) is 6.77. The number of halogens is 1. The van der Waals surface area contributed by atoms with Crippen LogP contribution in [0.2, 0.25) is 5.02 Å². The number of hydrogen-bond donors (Lipinski definition) is 2. The van der Waals surface area contributed by atoms with E-state index in [1.54, 1.807) is 68.6 Å². The molecule has 156 valence electrons. The Morgan fingerprint density at radius 2 is 1.67 bits per heavy atom.